The summed E-state index contributed by atoms with van der Waals surface area (Å²) in [7, 11) is 0. The molecular formula is C10H11FIN. The number of hydrogen-bond donors (Lipinski definition) is 0. The lowest BCUT2D eigenvalue weighted by Crippen LogP contribution is -1.89. The molecule has 0 bridgehead atoms. The molecule has 0 aliphatic carbocycles. The van der Waals surface area contributed by atoms with E-state index in [9.17, 15) is 4.39 Å². The molecule has 1 aliphatic heterocycles. The number of rotatable bonds is 2. The van der Waals surface area contributed by atoms with Gasteiger partial charge in [0.15, 0.2) is 0 Å². The third-order valence-electron chi connectivity index (χ3n) is 1.63. The van der Waals surface area contributed by atoms with Crippen LogP contribution in [0.2, 0.25) is 0 Å². The lowest BCUT2D eigenvalue weighted by molar-refractivity contribution is 0.604. The third-order valence-corrected chi connectivity index (χ3v) is 2.23. The Morgan fingerprint density at radius 1 is 1.77 bits per heavy atom. The minimum Gasteiger partial charge on any atom is -0.247 e. The van der Waals surface area contributed by atoms with Crippen molar-refractivity contribution in [3.8, 4) is 0 Å². The summed E-state index contributed by atoms with van der Waals surface area (Å²) >= 11 is 2.15. The first-order valence-electron chi connectivity index (χ1n) is 4.18. The highest BCUT2D eigenvalue weighted by Gasteiger charge is 1.98. The highest BCUT2D eigenvalue weighted by molar-refractivity contribution is 14.1. The molecule has 3 heteroatoms. The van der Waals surface area contributed by atoms with E-state index in [1.165, 1.54) is 6.08 Å². The van der Waals surface area contributed by atoms with Gasteiger partial charge >= 0.3 is 0 Å². The molecule has 0 fully saturated rings. The fourth-order valence-corrected chi connectivity index (χ4v) is 1.47. The summed E-state index contributed by atoms with van der Waals surface area (Å²) < 4.78 is 13.7. The Kier molecular flexibility index (Phi) is 4.35. The summed E-state index contributed by atoms with van der Waals surface area (Å²) in [5.41, 5.74) is 0.913. The number of dihydropyridines is 1. The normalized spacial score (nSPS) is 20.7. The first-order chi connectivity index (χ1) is 6.22. The topological polar surface area (TPSA) is 12.4 Å². The van der Waals surface area contributed by atoms with Crippen LogP contribution in [0.15, 0.2) is 40.8 Å². The molecule has 70 valence electrons. The molecule has 1 heterocycles. The van der Waals surface area contributed by atoms with Crippen LogP contribution >= 0.6 is 22.6 Å². The van der Waals surface area contributed by atoms with E-state index < -0.39 is 0 Å². The van der Waals surface area contributed by atoms with Crippen LogP contribution in [0.4, 0.5) is 4.39 Å². The van der Waals surface area contributed by atoms with E-state index in [4.69, 9.17) is 0 Å². The molecule has 0 aromatic carbocycles. The molecule has 0 unspecified atom stereocenters. The van der Waals surface area contributed by atoms with E-state index in [0.29, 0.717) is 6.42 Å². The minimum absolute atomic E-state index is 0.104. The van der Waals surface area contributed by atoms with Gasteiger partial charge in [0.2, 0.25) is 0 Å². The van der Waals surface area contributed by atoms with Crippen LogP contribution in [-0.4, -0.2) is 3.72 Å². The summed E-state index contributed by atoms with van der Waals surface area (Å²) in [5.74, 6) is -0.104. The molecule has 1 nitrogen and oxygen atoms in total. The molecule has 13 heavy (non-hydrogen) atoms. The van der Waals surface area contributed by atoms with Crippen molar-refractivity contribution in [1.82, 2.24) is 0 Å². The molecule has 0 amide bonds. The van der Waals surface area contributed by atoms with Gasteiger partial charge in [0.25, 0.3) is 0 Å². The van der Waals surface area contributed by atoms with Crippen LogP contribution in [0.3, 0.4) is 0 Å². The largest absolute Gasteiger partial charge is 0.247 e. The molecule has 1 aliphatic rings. The van der Waals surface area contributed by atoms with E-state index in [2.05, 4.69) is 27.6 Å². The van der Waals surface area contributed by atoms with Gasteiger partial charge in [-0.15, -0.1) is 0 Å². The maximum absolute atomic E-state index is 12.7. The molecule has 0 atom stereocenters. The number of allylic oxidation sites excluding steroid dienone is 5. The average molecular weight is 291 g/mol. The molecule has 0 saturated heterocycles. The van der Waals surface area contributed by atoms with Gasteiger partial charge in [-0.1, -0.05) is 13.0 Å². The lowest BCUT2D eigenvalue weighted by Gasteiger charge is -2.02. The van der Waals surface area contributed by atoms with E-state index >= 15 is 0 Å². The Balaban J connectivity index is 2.69. The fourth-order valence-electron chi connectivity index (χ4n) is 0.907. The first-order valence-corrected chi connectivity index (χ1v) is 5.26. The highest BCUT2D eigenvalue weighted by Crippen LogP contribution is 2.14. The van der Waals surface area contributed by atoms with Gasteiger partial charge in [0, 0.05) is 12.1 Å². The van der Waals surface area contributed by atoms with Crippen molar-refractivity contribution in [3.05, 3.63) is 35.8 Å². The van der Waals surface area contributed by atoms with Crippen LogP contribution in [-0.2, 0) is 0 Å². The van der Waals surface area contributed by atoms with Crippen molar-refractivity contribution in [3.63, 3.8) is 0 Å². The van der Waals surface area contributed by atoms with Crippen molar-refractivity contribution in [2.75, 3.05) is 0 Å². The lowest BCUT2D eigenvalue weighted by atomic mass is 10.2. The SMILES string of the molecule is CC/C(F)=C\C=C1/CC=CC(I)=N1. The van der Waals surface area contributed by atoms with Crippen molar-refractivity contribution >= 4 is 26.3 Å². The quantitative estimate of drug-likeness (QED) is 0.684. The zero-order valence-corrected chi connectivity index (χ0v) is 9.58. The summed E-state index contributed by atoms with van der Waals surface area (Å²) in [6.07, 6.45) is 8.44. The molecule has 0 spiro atoms. The van der Waals surface area contributed by atoms with Crippen LogP contribution < -0.4 is 0 Å². The molecule has 0 saturated carbocycles. The zero-order chi connectivity index (χ0) is 9.68. The summed E-state index contributed by atoms with van der Waals surface area (Å²) in [6, 6.07) is 0. The Morgan fingerprint density at radius 2 is 2.54 bits per heavy atom. The van der Waals surface area contributed by atoms with Crippen LogP contribution in [0.25, 0.3) is 0 Å². The number of nitrogens with zero attached hydrogens (tertiary/aromatic N) is 1. The van der Waals surface area contributed by atoms with E-state index in [1.54, 1.807) is 13.0 Å². The van der Waals surface area contributed by atoms with Gasteiger partial charge in [-0.25, -0.2) is 9.38 Å². The summed E-state index contributed by atoms with van der Waals surface area (Å²) in [6.45, 7) is 1.79. The van der Waals surface area contributed by atoms with E-state index in [0.717, 1.165) is 15.8 Å². The number of hydrogen-bond acceptors (Lipinski definition) is 1. The molecule has 0 aromatic heterocycles. The molecule has 0 radical (unpaired) electrons. The van der Waals surface area contributed by atoms with Gasteiger partial charge in [0.05, 0.1) is 5.83 Å². The minimum atomic E-state index is -0.104. The second kappa shape index (κ2) is 5.32. The summed E-state index contributed by atoms with van der Waals surface area (Å²) in [4.78, 5) is 4.25. The Bertz CT molecular complexity index is 300. The van der Waals surface area contributed by atoms with Crippen molar-refractivity contribution in [2.24, 2.45) is 4.99 Å². The molecule has 0 aromatic rings. The van der Waals surface area contributed by atoms with E-state index in [-0.39, 0.29) is 5.83 Å². The maximum atomic E-state index is 12.7. The monoisotopic (exact) mass is 291 g/mol. The third kappa shape index (κ3) is 3.85. The molecule has 1 rings (SSSR count). The predicted molar refractivity (Wildman–Crippen MR) is 62.8 cm³/mol. The number of aliphatic imine (C=N–C) groups is 1. The van der Waals surface area contributed by atoms with Crippen LogP contribution in [0.1, 0.15) is 19.8 Å². The second-order valence-corrected chi connectivity index (χ2v) is 3.77. The van der Waals surface area contributed by atoms with Gasteiger partial charge in [-0.3, -0.25) is 0 Å². The second-order valence-electron chi connectivity index (χ2n) is 2.67. The highest BCUT2D eigenvalue weighted by atomic mass is 127. The van der Waals surface area contributed by atoms with Gasteiger partial charge in [-0.2, -0.15) is 0 Å². The number of halogens is 2. The van der Waals surface area contributed by atoms with Crippen molar-refractivity contribution in [1.29, 1.82) is 0 Å². The predicted octanol–water partition coefficient (Wildman–Crippen LogP) is 3.93. The standard InChI is InChI=1S/C10H11FIN/c1-2-8(11)6-7-9-4-3-5-10(12)13-9/h3,5-7H,2,4H2,1H3/b8-6+,9-7+. The van der Waals surface area contributed by atoms with Gasteiger partial charge in [-0.05, 0) is 47.2 Å². The van der Waals surface area contributed by atoms with Crippen molar-refractivity contribution < 1.29 is 4.39 Å². The Hall–Kier alpha value is -0.450. The maximum Gasteiger partial charge on any atom is 0.101 e. The van der Waals surface area contributed by atoms with Crippen LogP contribution in [0.5, 0.6) is 0 Å². The molecular weight excluding hydrogens is 280 g/mol. The first kappa shape index (κ1) is 10.6. The smallest absolute Gasteiger partial charge is 0.101 e. The zero-order valence-electron chi connectivity index (χ0n) is 7.43. The molecule has 0 N–H and O–H groups in total. The van der Waals surface area contributed by atoms with Gasteiger partial charge < -0.3 is 0 Å². The van der Waals surface area contributed by atoms with Crippen LogP contribution in [0, 0.1) is 0 Å². The summed E-state index contributed by atoms with van der Waals surface area (Å²) in [5, 5.41) is 0. The van der Waals surface area contributed by atoms with Crippen molar-refractivity contribution in [2.45, 2.75) is 19.8 Å². The average Bonchev–Trinajstić information content (AvgIpc) is 2.14. The Morgan fingerprint density at radius 3 is 3.15 bits per heavy atom. The fraction of sp³-hybridized carbons (Fsp3) is 0.300. The van der Waals surface area contributed by atoms with E-state index in [1.807, 2.05) is 12.2 Å². The van der Waals surface area contributed by atoms with Gasteiger partial charge in [0.1, 0.15) is 3.72 Å². The Labute approximate surface area is 91.3 Å².